The zero-order chi connectivity index (χ0) is 14.4. The zero-order valence-electron chi connectivity index (χ0n) is 10.7. The van der Waals surface area contributed by atoms with Crippen LogP contribution in [-0.2, 0) is 0 Å². The highest BCUT2D eigenvalue weighted by Gasteiger charge is 2.12. The van der Waals surface area contributed by atoms with Crippen molar-refractivity contribution in [3.05, 3.63) is 35.4 Å². The Labute approximate surface area is 110 Å². The summed E-state index contributed by atoms with van der Waals surface area (Å²) in [5.41, 5.74) is 1.02. The summed E-state index contributed by atoms with van der Waals surface area (Å²) < 4.78 is 0. The first-order valence-electron chi connectivity index (χ1n) is 5.64. The molecule has 1 aromatic rings. The molecule has 0 spiro atoms. The van der Waals surface area contributed by atoms with Gasteiger partial charge in [-0.3, -0.25) is 0 Å². The molecule has 0 aliphatic carbocycles. The molecule has 0 aliphatic heterocycles. The second-order valence-corrected chi connectivity index (χ2v) is 4.15. The Morgan fingerprint density at radius 2 is 2.00 bits per heavy atom. The Balaban J connectivity index is 2.74. The van der Waals surface area contributed by atoms with Crippen molar-refractivity contribution >= 4 is 17.7 Å². The standard InChI is InChI=1S/C13H16N2O4/c1-8(2)5-6-14-13(19)15-11-4-3-9(16)7-10(11)12(17)18/h3-5,7,16H,6H2,1-2H3,(H,17,18)(H2,14,15,19). The fourth-order valence-electron chi connectivity index (χ4n) is 1.33. The number of amides is 2. The van der Waals surface area contributed by atoms with Crippen LogP contribution in [0.2, 0.25) is 0 Å². The molecule has 0 bridgehead atoms. The summed E-state index contributed by atoms with van der Waals surface area (Å²) in [4.78, 5) is 22.5. The van der Waals surface area contributed by atoms with Gasteiger partial charge in [0, 0.05) is 6.54 Å². The molecule has 0 saturated carbocycles. The van der Waals surface area contributed by atoms with Gasteiger partial charge in [-0.1, -0.05) is 11.6 Å². The molecule has 0 aromatic heterocycles. The predicted molar refractivity (Wildman–Crippen MR) is 71.5 cm³/mol. The summed E-state index contributed by atoms with van der Waals surface area (Å²) in [6.45, 7) is 4.17. The van der Waals surface area contributed by atoms with E-state index in [9.17, 15) is 14.7 Å². The molecule has 102 valence electrons. The number of carboxylic acid groups (broad SMARTS) is 1. The van der Waals surface area contributed by atoms with Crippen molar-refractivity contribution in [2.75, 3.05) is 11.9 Å². The molecule has 1 rings (SSSR count). The van der Waals surface area contributed by atoms with E-state index in [1.165, 1.54) is 12.1 Å². The van der Waals surface area contributed by atoms with Gasteiger partial charge in [0.25, 0.3) is 0 Å². The third kappa shape index (κ3) is 4.71. The van der Waals surface area contributed by atoms with E-state index in [2.05, 4.69) is 10.6 Å². The maximum absolute atomic E-state index is 11.5. The minimum atomic E-state index is -1.23. The summed E-state index contributed by atoms with van der Waals surface area (Å²) in [5, 5.41) is 23.2. The fraction of sp³-hybridized carbons (Fsp3) is 0.231. The van der Waals surface area contributed by atoms with Crippen molar-refractivity contribution in [2.24, 2.45) is 0 Å². The number of benzene rings is 1. The molecule has 4 N–H and O–H groups in total. The number of hydrogen-bond donors (Lipinski definition) is 4. The lowest BCUT2D eigenvalue weighted by atomic mass is 10.1. The summed E-state index contributed by atoms with van der Waals surface area (Å²) in [7, 11) is 0. The van der Waals surface area contributed by atoms with E-state index in [1.54, 1.807) is 0 Å². The van der Waals surface area contributed by atoms with Gasteiger partial charge in [0.1, 0.15) is 5.75 Å². The van der Waals surface area contributed by atoms with Gasteiger partial charge in [0.15, 0.2) is 0 Å². The number of aromatic carboxylic acids is 1. The third-order valence-corrected chi connectivity index (χ3v) is 2.25. The Bertz CT molecular complexity index is 519. The number of rotatable bonds is 4. The molecule has 0 heterocycles. The molecule has 0 atom stereocenters. The van der Waals surface area contributed by atoms with Gasteiger partial charge in [-0.15, -0.1) is 0 Å². The van der Waals surface area contributed by atoms with E-state index in [4.69, 9.17) is 5.11 Å². The average Bonchev–Trinajstić information content (AvgIpc) is 2.30. The molecule has 0 fully saturated rings. The Kier molecular flexibility index (Phi) is 4.93. The van der Waals surface area contributed by atoms with Gasteiger partial charge < -0.3 is 20.8 Å². The number of carbonyl (C=O) groups is 2. The number of urea groups is 1. The minimum Gasteiger partial charge on any atom is -0.508 e. The highest BCUT2D eigenvalue weighted by atomic mass is 16.4. The number of aromatic hydroxyl groups is 1. The van der Waals surface area contributed by atoms with Crippen LogP contribution in [0, 0.1) is 0 Å². The molecular weight excluding hydrogens is 248 g/mol. The van der Waals surface area contributed by atoms with E-state index in [0.717, 1.165) is 11.6 Å². The van der Waals surface area contributed by atoms with E-state index < -0.39 is 12.0 Å². The number of hydrogen-bond acceptors (Lipinski definition) is 3. The van der Waals surface area contributed by atoms with Crippen LogP contribution in [0.25, 0.3) is 0 Å². The number of phenolic OH excluding ortho intramolecular Hbond substituents is 1. The molecule has 0 aliphatic rings. The fourth-order valence-corrected chi connectivity index (χ4v) is 1.33. The van der Waals surface area contributed by atoms with Gasteiger partial charge in [-0.05, 0) is 32.0 Å². The Hall–Kier alpha value is -2.50. The van der Waals surface area contributed by atoms with E-state index >= 15 is 0 Å². The van der Waals surface area contributed by atoms with E-state index in [1.807, 2.05) is 19.9 Å². The molecule has 19 heavy (non-hydrogen) atoms. The lowest BCUT2D eigenvalue weighted by molar-refractivity contribution is 0.0697. The van der Waals surface area contributed by atoms with Gasteiger partial charge in [0.2, 0.25) is 0 Å². The van der Waals surface area contributed by atoms with Gasteiger partial charge in [-0.2, -0.15) is 0 Å². The molecule has 6 heteroatoms. The maximum Gasteiger partial charge on any atom is 0.337 e. The minimum absolute atomic E-state index is 0.125. The van der Waals surface area contributed by atoms with Crippen LogP contribution in [0.3, 0.4) is 0 Å². The lowest BCUT2D eigenvalue weighted by Crippen LogP contribution is -2.29. The molecule has 2 amide bonds. The number of anilines is 1. The average molecular weight is 264 g/mol. The first kappa shape index (κ1) is 14.6. The van der Waals surface area contributed by atoms with Crippen molar-refractivity contribution in [3.63, 3.8) is 0 Å². The summed E-state index contributed by atoms with van der Waals surface area (Å²) in [6.07, 6.45) is 1.83. The van der Waals surface area contributed by atoms with Gasteiger partial charge in [0.05, 0.1) is 11.3 Å². The number of allylic oxidation sites excluding steroid dienone is 1. The monoisotopic (exact) mass is 264 g/mol. The van der Waals surface area contributed by atoms with E-state index in [0.29, 0.717) is 6.54 Å². The first-order valence-corrected chi connectivity index (χ1v) is 5.64. The van der Waals surface area contributed by atoms with Crippen LogP contribution in [0.5, 0.6) is 5.75 Å². The SMILES string of the molecule is CC(C)=CCNC(=O)Nc1ccc(O)cc1C(=O)O. The van der Waals surface area contributed by atoms with Crippen LogP contribution in [0.1, 0.15) is 24.2 Å². The molecular formula is C13H16N2O4. The van der Waals surface area contributed by atoms with Crippen LogP contribution >= 0.6 is 0 Å². The summed E-state index contributed by atoms with van der Waals surface area (Å²) >= 11 is 0. The molecule has 0 saturated heterocycles. The van der Waals surface area contributed by atoms with Crippen molar-refractivity contribution in [1.29, 1.82) is 0 Å². The smallest absolute Gasteiger partial charge is 0.337 e. The number of carbonyl (C=O) groups excluding carboxylic acids is 1. The van der Waals surface area contributed by atoms with Crippen LogP contribution in [0.15, 0.2) is 29.8 Å². The highest BCUT2D eigenvalue weighted by Crippen LogP contribution is 2.21. The van der Waals surface area contributed by atoms with Crippen molar-refractivity contribution in [3.8, 4) is 5.75 Å². The van der Waals surface area contributed by atoms with Crippen molar-refractivity contribution in [1.82, 2.24) is 5.32 Å². The second kappa shape index (κ2) is 6.44. The summed E-state index contributed by atoms with van der Waals surface area (Å²) in [6, 6.07) is 3.21. The molecule has 0 unspecified atom stereocenters. The van der Waals surface area contributed by atoms with Crippen molar-refractivity contribution in [2.45, 2.75) is 13.8 Å². The zero-order valence-corrected chi connectivity index (χ0v) is 10.7. The second-order valence-electron chi connectivity index (χ2n) is 4.15. The Morgan fingerprint density at radius 1 is 1.32 bits per heavy atom. The number of carboxylic acids is 1. The topological polar surface area (TPSA) is 98.7 Å². The van der Waals surface area contributed by atoms with Crippen LogP contribution < -0.4 is 10.6 Å². The highest BCUT2D eigenvalue weighted by molar-refractivity contribution is 6.00. The van der Waals surface area contributed by atoms with E-state index in [-0.39, 0.29) is 17.0 Å². The molecule has 6 nitrogen and oxygen atoms in total. The third-order valence-electron chi connectivity index (χ3n) is 2.25. The maximum atomic E-state index is 11.5. The van der Waals surface area contributed by atoms with Gasteiger partial charge in [-0.25, -0.2) is 9.59 Å². The summed E-state index contributed by atoms with van der Waals surface area (Å²) in [5.74, 6) is -1.40. The number of phenols is 1. The predicted octanol–water partition coefficient (Wildman–Crippen LogP) is 2.18. The molecule has 1 aromatic carbocycles. The first-order chi connectivity index (χ1) is 8.90. The Morgan fingerprint density at radius 3 is 2.58 bits per heavy atom. The quantitative estimate of drug-likeness (QED) is 0.494. The van der Waals surface area contributed by atoms with Crippen LogP contribution in [-0.4, -0.2) is 28.8 Å². The van der Waals surface area contributed by atoms with Crippen molar-refractivity contribution < 1.29 is 19.8 Å². The normalized spacial score (nSPS) is 9.58. The molecule has 0 radical (unpaired) electrons. The lowest BCUT2D eigenvalue weighted by Gasteiger charge is -2.09. The van der Waals surface area contributed by atoms with Crippen LogP contribution in [0.4, 0.5) is 10.5 Å². The van der Waals surface area contributed by atoms with Gasteiger partial charge >= 0.3 is 12.0 Å². The number of nitrogens with one attached hydrogen (secondary N) is 2. The largest absolute Gasteiger partial charge is 0.508 e.